The number of likely N-dealkylation sites (tertiary alicyclic amines) is 1. The van der Waals surface area contributed by atoms with Crippen molar-refractivity contribution in [1.82, 2.24) is 4.90 Å². The monoisotopic (exact) mass is 303 g/mol. The van der Waals surface area contributed by atoms with E-state index >= 15 is 0 Å². The van der Waals surface area contributed by atoms with Crippen LogP contribution < -0.4 is 4.74 Å². The van der Waals surface area contributed by atoms with Crippen LogP contribution in [0.3, 0.4) is 0 Å². The second-order valence-electron chi connectivity index (χ2n) is 6.31. The number of ether oxygens (including phenoxy) is 1. The van der Waals surface area contributed by atoms with Gasteiger partial charge in [-0.2, -0.15) is 0 Å². The number of aliphatic carboxylic acids is 1. The Labute approximate surface area is 129 Å². The number of benzene rings is 1. The summed E-state index contributed by atoms with van der Waals surface area (Å²) in [5, 5.41) is 9.59. The molecule has 2 fully saturated rings. The summed E-state index contributed by atoms with van der Waals surface area (Å²) >= 11 is 0. The minimum absolute atomic E-state index is 0.0143. The molecular formula is C17H21NO4. The Kier molecular flexibility index (Phi) is 3.81. The van der Waals surface area contributed by atoms with Crippen LogP contribution in [-0.4, -0.2) is 42.1 Å². The Hall–Kier alpha value is -2.04. The number of carbonyl (C=O) groups is 2. The maximum absolute atomic E-state index is 12.6. The number of amides is 1. The topological polar surface area (TPSA) is 66.8 Å². The van der Waals surface area contributed by atoms with E-state index < -0.39 is 11.4 Å². The molecule has 1 aliphatic heterocycles. The molecule has 2 atom stereocenters. The molecule has 1 N–H and O–H groups in total. The van der Waals surface area contributed by atoms with Gasteiger partial charge in [-0.15, -0.1) is 0 Å². The van der Waals surface area contributed by atoms with Gasteiger partial charge in [0.15, 0.2) is 0 Å². The normalized spacial score (nSPS) is 26.8. The van der Waals surface area contributed by atoms with Crippen LogP contribution in [-0.2, 0) is 16.0 Å². The smallest absolute Gasteiger partial charge is 0.311 e. The lowest BCUT2D eigenvalue weighted by Crippen LogP contribution is -2.37. The molecule has 1 aromatic carbocycles. The van der Waals surface area contributed by atoms with Crippen molar-refractivity contribution in [2.45, 2.75) is 25.7 Å². The highest BCUT2D eigenvalue weighted by atomic mass is 16.5. The minimum Gasteiger partial charge on any atom is -0.496 e. The molecule has 2 aliphatic rings. The van der Waals surface area contributed by atoms with Gasteiger partial charge in [-0.1, -0.05) is 24.6 Å². The van der Waals surface area contributed by atoms with Crippen molar-refractivity contribution < 1.29 is 19.4 Å². The molecule has 1 aromatic rings. The number of carboxylic acids is 1. The molecule has 1 heterocycles. The Morgan fingerprint density at radius 3 is 2.86 bits per heavy atom. The van der Waals surface area contributed by atoms with Crippen molar-refractivity contribution in [3.63, 3.8) is 0 Å². The third kappa shape index (κ3) is 2.34. The largest absolute Gasteiger partial charge is 0.496 e. The van der Waals surface area contributed by atoms with Gasteiger partial charge >= 0.3 is 5.97 Å². The lowest BCUT2D eigenvalue weighted by molar-refractivity contribution is -0.149. The van der Waals surface area contributed by atoms with E-state index in [0.29, 0.717) is 25.3 Å². The zero-order valence-corrected chi connectivity index (χ0v) is 12.7. The molecule has 3 rings (SSSR count). The van der Waals surface area contributed by atoms with Gasteiger partial charge in [0.25, 0.3) is 0 Å². The molecule has 1 aliphatic carbocycles. The second kappa shape index (κ2) is 5.63. The molecule has 0 bridgehead atoms. The predicted molar refractivity (Wildman–Crippen MR) is 80.7 cm³/mol. The molecule has 0 spiro atoms. The molecule has 0 aromatic heterocycles. The van der Waals surface area contributed by atoms with Gasteiger partial charge in [-0.3, -0.25) is 9.59 Å². The summed E-state index contributed by atoms with van der Waals surface area (Å²) in [4.78, 5) is 26.0. The summed E-state index contributed by atoms with van der Waals surface area (Å²) in [5.41, 5.74) is 0.132. The maximum atomic E-state index is 12.6. The summed E-state index contributed by atoms with van der Waals surface area (Å²) in [6.07, 6.45) is 2.80. The first-order chi connectivity index (χ1) is 10.6. The molecule has 1 saturated heterocycles. The average Bonchev–Trinajstić information content (AvgIpc) is 3.05. The van der Waals surface area contributed by atoms with Crippen molar-refractivity contribution in [3.8, 4) is 5.75 Å². The van der Waals surface area contributed by atoms with Gasteiger partial charge in [0, 0.05) is 18.7 Å². The lowest BCUT2D eigenvalue weighted by Gasteiger charge is -2.23. The Morgan fingerprint density at radius 1 is 1.41 bits per heavy atom. The van der Waals surface area contributed by atoms with E-state index in [0.717, 1.165) is 18.4 Å². The van der Waals surface area contributed by atoms with E-state index in [1.807, 2.05) is 24.3 Å². The molecule has 118 valence electrons. The molecule has 22 heavy (non-hydrogen) atoms. The van der Waals surface area contributed by atoms with Gasteiger partial charge in [0.05, 0.1) is 18.9 Å². The highest BCUT2D eigenvalue weighted by Crippen LogP contribution is 2.49. The number of carbonyl (C=O) groups excluding carboxylic acids is 1. The molecule has 0 unspecified atom stereocenters. The van der Waals surface area contributed by atoms with Gasteiger partial charge in [0.1, 0.15) is 5.75 Å². The third-order valence-electron chi connectivity index (χ3n) is 5.18. The van der Waals surface area contributed by atoms with Crippen LogP contribution in [0, 0.1) is 11.3 Å². The van der Waals surface area contributed by atoms with E-state index in [9.17, 15) is 14.7 Å². The number of methoxy groups -OCH3 is 1. The molecule has 1 amide bonds. The summed E-state index contributed by atoms with van der Waals surface area (Å²) in [6.45, 7) is 0.918. The fourth-order valence-corrected chi connectivity index (χ4v) is 3.95. The van der Waals surface area contributed by atoms with Crippen LogP contribution in [0.1, 0.15) is 24.8 Å². The number of carboxylic acid groups (broad SMARTS) is 1. The van der Waals surface area contributed by atoms with E-state index in [4.69, 9.17) is 4.74 Å². The number of nitrogens with zero attached hydrogens (tertiary/aromatic N) is 1. The number of fused-ring (bicyclic) bond motifs is 1. The summed E-state index contributed by atoms with van der Waals surface area (Å²) in [7, 11) is 1.59. The number of para-hydroxylation sites is 1. The first-order valence-corrected chi connectivity index (χ1v) is 7.70. The Balaban J connectivity index is 1.73. The van der Waals surface area contributed by atoms with Crippen LogP contribution in [0.5, 0.6) is 5.75 Å². The fourth-order valence-electron chi connectivity index (χ4n) is 3.95. The van der Waals surface area contributed by atoms with Crippen molar-refractivity contribution >= 4 is 11.9 Å². The van der Waals surface area contributed by atoms with E-state index in [1.54, 1.807) is 12.0 Å². The van der Waals surface area contributed by atoms with Crippen LogP contribution >= 0.6 is 0 Å². The Bertz CT molecular complexity index is 600. The SMILES string of the molecule is COc1ccccc1CC(=O)N1C[C@@H]2CCC[C@@]2(C(=O)O)C1. The highest BCUT2D eigenvalue weighted by molar-refractivity contribution is 5.83. The number of hydrogen-bond donors (Lipinski definition) is 1. The van der Waals surface area contributed by atoms with Crippen LogP contribution in [0.25, 0.3) is 0 Å². The predicted octanol–water partition coefficient (Wildman–Crippen LogP) is 1.95. The maximum Gasteiger partial charge on any atom is 0.311 e. The Morgan fingerprint density at radius 2 is 2.18 bits per heavy atom. The van der Waals surface area contributed by atoms with E-state index in [2.05, 4.69) is 0 Å². The molecule has 5 heteroatoms. The highest BCUT2D eigenvalue weighted by Gasteiger charge is 2.55. The first-order valence-electron chi connectivity index (χ1n) is 7.70. The number of rotatable bonds is 4. The van der Waals surface area contributed by atoms with Crippen LogP contribution in [0.15, 0.2) is 24.3 Å². The molecule has 1 saturated carbocycles. The third-order valence-corrected chi connectivity index (χ3v) is 5.18. The van der Waals surface area contributed by atoms with Crippen molar-refractivity contribution in [1.29, 1.82) is 0 Å². The van der Waals surface area contributed by atoms with Crippen LogP contribution in [0.4, 0.5) is 0 Å². The zero-order valence-electron chi connectivity index (χ0n) is 12.7. The van der Waals surface area contributed by atoms with E-state index in [-0.39, 0.29) is 18.2 Å². The summed E-state index contributed by atoms with van der Waals surface area (Å²) in [6, 6.07) is 7.45. The first kappa shape index (κ1) is 14.9. The molecule has 5 nitrogen and oxygen atoms in total. The van der Waals surface area contributed by atoms with Gasteiger partial charge in [-0.25, -0.2) is 0 Å². The lowest BCUT2D eigenvalue weighted by atomic mass is 9.81. The van der Waals surface area contributed by atoms with Gasteiger partial charge < -0.3 is 14.7 Å². The van der Waals surface area contributed by atoms with Gasteiger partial charge in [-0.05, 0) is 24.8 Å². The van der Waals surface area contributed by atoms with Crippen LogP contribution in [0.2, 0.25) is 0 Å². The fraction of sp³-hybridized carbons (Fsp3) is 0.529. The minimum atomic E-state index is -0.748. The van der Waals surface area contributed by atoms with Crippen molar-refractivity contribution in [2.75, 3.05) is 20.2 Å². The van der Waals surface area contributed by atoms with Crippen molar-refractivity contribution in [3.05, 3.63) is 29.8 Å². The van der Waals surface area contributed by atoms with E-state index in [1.165, 1.54) is 0 Å². The number of hydrogen-bond acceptors (Lipinski definition) is 3. The summed E-state index contributed by atoms with van der Waals surface area (Å²) in [5.74, 6) is 0.0388. The second-order valence-corrected chi connectivity index (χ2v) is 6.31. The average molecular weight is 303 g/mol. The quantitative estimate of drug-likeness (QED) is 0.923. The van der Waals surface area contributed by atoms with Crippen molar-refractivity contribution in [2.24, 2.45) is 11.3 Å². The standard InChI is InChI=1S/C17H21NO4/c1-22-14-7-3-2-5-12(14)9-15(19)18-10-13-6-4-8-17(13,11-18)16(20)21/h2-3,5,7,13H,4,6,8-11H2,1H3,(H,20,21)/t13-,17+/m0/s1. The molecular weight excluding hydrogens is 282 g/mol. The molecule has 0 radical (unpaired) electrons. The van der Waals surface area contributed by atoms with Gasteiger partial charge in [0.2, 0.25) is 5.91 Å². The summed E-state index contributed by atoms with van der Waals surface area (Å²) < 4.78 is 5.28. The zero-order chi connectivity index (χ0) is 15.7.